The second-order valence-electron chi connectivity index (χ2n) is 7.29. The molecule has 31 heavy (non-hydrogen) atoms. The molecule has 1 unspecified atom stereocenters. The van der Waals surface area contributed by atoms with Gasteiger partial charge >= 0.3 is 0 Å². The van der Waals surface area contributed by atoms with Crippen molar-refractivity contribution in [3.63, 3.8) is 0 Å². The van der Waals surface area contributed by atoms with E-state index in [1.165, 1.54) is 11.3 Å². The zero-order valence-corrected chi connectivity index (χ0v) is 19.9. The first kappa shape index (κ1) is 21.9. The molecule has 160 valence electrons. The second kappa shape index (κ2) is 9.47. The van der Waals surface area contributed by atoms with E-state index in [9.17, 15) is 10.1 Å². The smallest absolute Gasteiger partial charge is 0.219 e. The molecule has 1 aliphatic heterocycles. The minimum Gasteiger partial charge on any atom is -0.384 e. The van der Waals surface area contributed by atoms with Gasteiger partial charge in [-0.3, -0.25) is 9.69 Å². The number of nitrogens with two attached hydrogens (primary N) is 1. The van der Waals surface area contributed by atoms with Gasteiger partial charge in [0, 0.05) is 28.3 Å². The normalized spacial score (nSPS) is 18.9. The van der Waals surface area contributed by atoms with E-state index in [2.05, 4.69) is 23.2 Å². The van der Waals surface area contributed by atoms with Crippen LogP contribution in [0.3, 0.4) is 0 Å². The maximum atomic E-state index is 13.1. The Balaban J connectivity index is 1.84. The quantitative estimate of drug-likeness (QED) is 0.586. The molecule has 6 nitrogen and oxygen atoms in total. The summed E-state index contributed by atoms with van der Waals surface area (Å²) < 4.78 is 0.863. The minimum atomic E-state index is -0.443. The van der Waals surface area contributed by atoms with Gasteiger partial charge in [-0.25, -0.2) is 0 Å². The molecule has 2 N–H and O–H groups in total. The maximum Gasteiger partial charge on any atom is 0.219 e. The highest BCUT2D eigenvalue weighted by molar-refractivity contribution is 8.01. The highest BCUT2D eigenvalue weighted by atomic mass is 32.2. The average Bonchev–Trinajstić information content (AvgIpc) is 3.25. The third-order valence-corrected chi connectivity index (χ3v) is 8.37. The summed E-state index contributed by atoms with van der Waals surface area (Å²) in [6, 6.07) is 10.3. The van der Waals surface area contributed by atoms with E-state index in [1.54, 1.807) is 28.4 Å². The predicted octanol–water partition coefficient (Wildman–Crippen LogP) is 5.07. The van der Waals surface area contributed by atoms with Crippen molar-refractivity contribution < 1.29 is 4.79 Å². The summed E-state index contributed by atoms with van der Waals surface area (Å²) in [4.78, 5) is 16.1. The van der Waals surface area contributed by atoms with E-state index >= 15 is 0 Å². The number of Topliss-reactive ketones (excluding diaryl/α,β-unsaturated/α-hetero) is 1. The van der Waals surface area contributed by atoms with Crippen LogP contribution in [-0.4, -0.2) is 28.0 Å². The van der Waals surface area contributed by atoms with Crippen LogP contribution in [0.1, 0.15) is 44.1 Å². The van der Waals surface area contributed by atoms with Gasteiger partial charge in [0.1, 0.15) is 5.82 Å². The van der Waals surface area contributed by atoms with Crippen molar-refractivity contribution in [2.24, 2.45) is 5.73 Å². The lowest BCUT2D eigenvalue weighted by Gasteiger charge is -2.38. The van der Waals surface area contributed by atoms with Crippen LogP contribution in [-0.2, 0) is 4.79 Å². The number of rotatable bonds is 6. The molecule has 0 spiro atoms. The predicted molar refractivity (Wildman–Crippen MR) is 127 cm³/mol. The Bertz CT molecular complexity index is 1100. The van der Waals surface area contributed by atoms with Gasteiger partial charge in [0.25, 0.3) is 0 Å². The number of nitrogens with zero attached hydrogens (tertiary/aromatic N) is 4. The summed E-state index contributed by atoms with van der Waals surface area (Å²) in [5.41, 5.74) is 9.41. The average molecular weight is 470 g/mol. The Hall–Kier alpha value is -2.28. The van der Waals surface area contributed by atoms with Crippen molar-refractivity contribution in [1.82, 2.24) is 10.2 Å². The molecule has 1 aromatic carbocycles. The molecule has 1 aromatic heterocycles. The van der Waals surface area contributed by atoms with Crippen molar-refractivity contribution in [2.75, 3.05) is 16.9 Å². The van der Waals surface area contributed by atoms with Crippen molar-refractivity contribution in [2.45, 2.75) is 47.8 Å². The van der Waals surface area contributed by atoms with Crippen molar-refractivity contribution in [3.05, 3.63) is 52.5 Å². The largest absolute Gasteiger partial charge is 0.384 e. The first-order chi connectivity index (χ1) is 15.1. The van der Waals surface area contributed by atoms with Crippen LogP contribution < -0.4 is 10.6 Å². The van der Waals surface area contributed by atoms with E-state index in [0.29, 0.717) is 28.5 Å². The number of anilines is 1. The fourth-order valence-electron chi connectivity index (χ4n) is 3.98. The Labute approximate surface area is 194 Å². The third kappa shape index (κ3) is 4.12. The van der Waals surface area contributed by atoms with Crippen LogP contribution >= 0.6 is 34.9 Å². The van der Waals surface area contributed by atoms with E-state index < -0.39 is 5.92 Å². The SMILES string of the molecule is CCCSc1nnc(N2C(N)=C(C#N)C(c3ccc(SC)cc3)C3=C2CCCC3=O)s1. The van der Waals surface area contributed by atoms with Crippen LogP contribution in [0, 0.1) is 11.3 Å². The molecular weight excluding hydrogens is 446 g/mol. The molecule has 0 bridgehead atoms. The Morgan fingerprint density at radius 1 is 1.29 bits per heavy atom. The van der Waals surface area contributed by atoms with E-state index in [4.69, 9.17) is 5.73 Å². The molecule has 1 atom stereocenters. The summed E-state index contributed by atoms with van der Waals surface area (Å²) in [5, 5.41) is 19.3. The Kier molecular flexibility index (Phi) is 6.70. The molecule has 9 heteroatoms. The molecule has 0 radical (unpaired) electrons. The zero-order valence-electron chi connectivity index (χ0n) is 17.4. The van der Waals surface area contributed by atoms with E-state index in [1.807, 2.05) is 30.5 Å². The summed E-state index contributed by atoms with van der Waals surface area (Å²) >= 11 is 4.76. The zero-order chi connectivity index (χ0) is 22.0. The lowest BCUT2D eigenvalue weighted by atomic mass is 9.76. The van der Waals surface area contributed by atoms with Crippen LogP contribution in [0.15, 0.2) is 56.2 Å². The number of carbonyl (C=O) groups is 1. The molecule has 0 amide bonds. The molecule has 1 aliphatic carbocycles. The number of benzene rings is 1. The van der Waals surface area contributed by atoms with Crippen LogP contribution in [0.5, 0.6) is 0 Å². The summed E-state index contributed by atoms with van der Waals surface area (Å²) in [7, 11) is 0. The monoisotopic (exact) mass is 469 g/mol. The summed E-state index contributed by atoms with van der Waals surface area (Å²) in [5.74, 6) is 0.944. The van der Waals surface area contributed by atoms with Gasteiger partial charge < -0.3 is 5.73 Å². The Morgan fingerprint density at radius 3 is 2.74 bits per heavy atom. The fourth-order valence-corrected chi connectivity index (χ4v) is 6.19. The topological polar surface area (TPSA) is 95.9 Å². The van der Waals surface area contributed by atoms with Crippen LogP contribution in [0.4, 0.5) is 5.13 Å². The molecular formula is C22H23N5OS3. The first-order valence-electron chi connectivity index (χ1n) is 10.1. The molecule has 0 saturated carbocycles. The number of ketones is 1. The summed E-state index contributed by atoms with van der Waals surface area (Å²) in [6.07, 6.45) is 5.03. The fraction of sp³-hybridized carbons (Fsp3) is 0.364. The van der Waals surface area contributed by atoms with Crippen molar-refractivity contribution in [3.8, 4) is 6.07 Å². The highest BCUT2D eigenvalue weighted by Gasteiger charge is 2.41. The van der Waals surface area contributed by atoms with Gasteiger partial charge in [-0.1, -0.05) is 42.2 Å². The maximum absolute atomic E-state index is 13.1. The molecule has 0 fully saturated rings. The van der Waals surface area contributed by atoms with Crippen LogP contribution in [0.25, 0.3) is 0 Å². The number of carbonyl (C=O) groups excluding carboxylic acids is 1. The summed E-state index contributed by atoms with van der Waals surface area (Å²) in [6.45, 7) is 2.12. The van der Waals surface area contributed by atoms with Gasteiger partial charge in [0.05, 0.1) is 17.6 Å². The van der Waals surface area contributed by atoms with Gasteiger partial charge in [0.2, 0.25) is 5.13 Å². The number of hydrogen-bond acceptors (Lipinski definition) is 9. The highest BCUT2D eigenvalue weighted by Crippen LogP contribution is 2.47. The number of allylic oxidation sites excluding steroid dienone is 3. The molecule has 2 heterocycles. The number of thioether (sulfide) groups is 2. The molecule has 4 rings (SSSR count). The number of aromatic nitrogens is 2. The van der Waals surface area contributed by atoms with Gasteiger partial charge in [-0.2, -0.15) is 5.26 Å². The standard InChI is InChI=1S/C22H23N5OS3/c1-3-11-30-22-26-25-21(31-22)27-16-5-4-6-17(28)19(16)18(15(12-23)20(27)24)13-7-9-14(29-2)10-8-13/h7-10,18H,3-6,11,24H2,1-2H3. The van der Waals surface area contributed by atoms with Gasteiger partial charge in [0.15, 0.2) is 10.1 Å². The molecule has 2 aliphatic rings. The third-order valence-electron chi connectivity index (χ3n) is 5.38. The number of hydrogen-bond donors (Lipinski definition) is 1. The van der Waals surface area contributed by atoms with Crippen molar-refractivity contribution in [1.29, 1.82) is 5.26 Å². The molecule has 2 aromatic rings. The molecule has 0 saturated heterocycles. The lowest BCUT2D eigenvalue weighted by Crippen LogP contribution is -2.38. The number of nitriles is 1. The minimum absolute atomic E-state index is 0.0792. The lowest BCUT2D eigenvalue weighted by molar-refractivity contribution is -0.116. The first-order valence-corrected chi connectivity index (χ1v) is 13.2. The van der Waals surface area contributed by atoms with Gasteiger partial charge in [-0.15, -0.1) is 22.0 Å². The van der Waals surface area contributed by atoms with E-state index in [0.717, 1.165) is 45.5 Å². The van der Waals surface area contributed by atoms with E-state index in [-0.39, 0.29) is 5.78 Å². The van der Waals surface area contributed by atoms with Crippen molar-refractivity contribution >= 4 is 45.8 Å². The Morgan fingerprint density at radius 2 is 2.06 bits per heavy atom. The van der Waals surface area contributed by atoms with Crippen LogP contribution in [0.2, 0.25) is 0 Å². The van der Waals surface area contributed by atoms with Gasteiger partial charge in [-0.05, 0) is 43.2 Å². The second-order valence-corrected chi connectivity index (χ2v) is 10.5.